The third-order valence-corrected chi connectivity index (χ3v) is 4.61. The highest BCUT2D eigenvalue weighted by atomic mass is 32.1. The lowest BCUT2D eigenvalue weighted by Crippen LogP contribution is -2.21. The van der Waals surface area contributed by atoms with E-state index in [0.29, 0.717) is 21.1 Å². The molecule has 0 aliphatic heterocycles. The Bertz CT molecular complexity index is 959. The van der Waals surface area contributed by atoms with Crippen molar-refractivity contribution >= 4 is 39.7 Å². The molecular formula is C19H17N3O4S. The Balaban J connectivity index is 1.62. The van der Waals surface area contributed by atoms with Crippen LogP contribution in [0.25, 0.3) is 0 Å². The summed E-state index contributed by atoms with van der Waals surface area (Å²) in [5.41, 5.74) is 1.11. The largest absolute Gasteiger partial charge is 0.459 e. The molecule has 2 heterocycles. The van der Waals surface area contributed by atoms with E-state index in [4.69, 9.17) is 4.42 Å². The maximum atomic E-state index is 12.4. The van der Waals surface area contributed by atoms with E-state index in [-0.39, 0.29) is 23.5 Å². The summed E-state index contributed by atoms with van der Waals surface area (Å²) in [6.07, 6.45) is 1.42. The number of carbonyl (C=O) groups is 3. The van der Waals surface area contributed by atoms with E-state index in [0.717, 1.165) is 11.3 Å². The van der Waals surface area contributed by atoms with Crippen LogP contribution in [0.3, 0.4) is 0 Å². The molecule has 7 nitrogen and oxygen atoms in total. The molecule has 0 unspecified atom stereocenters. The Hall–Kier alpha value is -3.39. The van der Waals surface area contributed by atoms with Crippen LogP contribution in [0, 0.1) is 0 Å². The number of furan rings is 1. The second-order valence-electron chi connectivity index (χ2n) is 5.83. The van der Waals surface area contributed by atoms with Gasteiger partial charge in [0, 0.05) is 25.3 Å². The number of hydrogen-bond acceptors (Lipinski definition) is 5. The minimum absolute atomic E-state index is 0.108. The minimum Gasteiger partial charge on any atom is -0.459 e. The van der Waals surface area contributed by atoms with E-state index in [9.17, 15) is 14.4 Å². The average Bonchev–Trinajstić information content (AvgIpc) is 3.33. The molecule has 0 aliphatic carbocycles. The number of anilines is 2. The lowest BCUT2D eigenvalue weighted by Gasteiger charge is -2.10. The van der Waals surface area contributed by atoms with Crippen molar-refractivity contribution in [3.05, 3.63) is 71.0 Å². The van der Waals surface area contributed by atoms with Crippen molar-refractivity contribution in [1.82, 2.24) is 4.90 Å². The number of thiophene rings is 1. The summed E-state index contributed by atoms with van der Waals surface area (Å²) in [6, 6.07) is 13.1. The molecule has 0 aliphatic rings. The summed E-state index contributed by atoms with van der Waals surface area (Å²) >= 11 is 1.15. The van der Waals surface area contributed by atoms with E-state index >= 15 is 0 Å². The number of benzene rings is 1. The van der Waals surface area contributed by atoms with Crippen LogP contribution in [0.5, 0.6) is 0 Å². The summed E-state index contributed by atoms with van der Waals surface area (Å²) in [5.74, 6) is -0.593. The summed E-state index contributed by atoms with van der Waals surface area (Å²) in [5, 5.41) is 5.98. The average molecular weight is 383 g/mol. The highest BCUT2D eigenvalue weighted by Gasteiger charge is 2.14. The molecular weight excluding hydrogens is 366 g/mol. The first kappa shape index (κ1) is 18.4. The van der Waals surface area contributed by atoms with Crippen LogP contribution in [0.4, 0.5) is 10.7 Å². The fourth-order valence-corrected chi connectivity index (χ4v) is 3.05. The Morgan fingerprint density at radius 2 is 1.67 bits per heavy atom. The molecule has 2 N–H and O–H groups in total. The Kier molecular flexibility index (Phi) is 5.37. The second-order valence-corrected chi connectivity index (χ2v) is 6.91. The zero-order chi connectivity index (χ0) is 19.4. The van der Waals surface area contributed by atoms with Crippen molar-refractivity contribution < 1.29 is 18.8 Å². The summed E-state index contributed by atoms with van der Waals surface area (Å²) in [6.45, 7) is 0. The molecule has 0 fully saturated rings. The molecule has 3 rings (SSSR count). The number of amides is 3. The van der Waals surface area contributed by atoms with Crippen molar-refractivity contribution in [1.29, 1.82) is 0 Å². The minimum atomic E-state index is -0.380. The van der Waals surface area contributed by atoms with Gasteiger partial charge >= 0.3 is 0 Å². The molecule has 3 aromatic rings. The SMILES string of the molecule is CN(C)C(=O)c1ccc(NC(=O)c2ccc(NC(=O)c3ccco3)s2)cc1. The van der Waals surface area contributed by atoms with Gasteiger partial charge in [0.1, 0.15) is 0 Å². The van der Waals surface area contributed by atoms with Gasteiger partial charge in [-0.15, -0.1) is 11.3 Å². The van der Waals surface area contributed by atoms with Crippen LogP contribution >= 0.6 is 11.3 Å². The van der Waals surface area contributed by atoms with E-state index in [1.54, 1.807) is 62.6 Å². The van der Waals surface area contributed by atoms with Crippen molar-refractivity contribution in [2.24, 2.45) is 0 Å². The third kappa shape index (κ3) is 4.42. The number of carbonyl (C=O) groups excluding carboxylic acids is 3. The highest BCUT2D eigenvalue weighted by molar-refractivity contribution is 7.18. The second kappa shape index (κ2) is 7.88. The van der Waals surface area contributed by atoms with Gasteiger partial charge < -0.3 is 20.0 Å². The van der Waals surface area contributed by atoms with Gasteiger partial charge in [0.15, 0.2) is 5.76 Å². The lowest BCUT2D eigenvalue weighted by molar-refractivity contribution is 0.0827. The van der Waals surface area contributed by atoms with Gasteiger partial charge in [-0.1, -0.05) is 0 Å². The zero-order valence-electron chi connectivity index (χ0n) is 14.7. The van der Waals surface area contributed by atoms with Crippen LogP contribution in [-0.2, 0) is 0 Å². The smallest absolute Gasteiger partial charge is 0.291 e. The van der Waals surface area contributed by atoms with Crippen molar-refractivity contribution in [2.45, 2.75) is 0 Å². The Morgan fingerprint density at radius 1 is 0.926 bits per heavy atom. The molecule has 0 saturated carbocycles. The van der Waals surface area contributed by atoms with E-state index in [2.05, 4.69) is 10.6 Å². The predicted molar refractivity (Wildman–Crippen MR) is 103 cm³/mol. The number of rotatable bonds is 5. The molecule has 0 bridgehead atoms. The van der Waals surface area contributed by atoms with E-state index in [1.807, 2.05) is 0 Å². The molecule has 0 atom stereocenters. The molecule has 27 heavy (non-hydrogen) atoms. The van der Waals surface area contributed by atoms with Gasteiger partial charge in [0.05, 0.1) is 16.1 Å². The third-order valence-electron chi connectivity index (χ3n) is 3.61. The summed E-state index contributed by atoms with van der Waals surface area (Å²) in [7, 11) is 3.36. The van der Waals surface area contributed by atoms with E-state index < -0.39 is 0 Å². The first-order chi connectivity index (χ1) is 12.9. The standard InChI is InChI=1S/C19H17N3O4S/c1-22(2)19(25)12-5-7-13(8-6-12)20-18(24)15-9-10-16(27-15)21-17(23)14-4-3-11-26-14/h3-11H,1-2H3,(H,20,24)(H,21,23). The van der Waals surface area contributed by atoms with Gasteiger partial charge in [-0.25, -0.2) is 0 Å². The quantitative estimate of drug-likeness (QED) is 0.705. The number of hydrogen-bond donors (Lipinski definition) is 2. The van der Waals surface area contributed by atoms with Crippen LogP contribution in [-0.4, -0.2) is 36.7 Å². The molecule has 138 valence electrons. The van der Waals surface area contributed by atoms with Gasteiger partial charge in [-0.3, -0.25) is 14.4 Å². The molecule has 8 heteroatoms. The fourth-order valence-electron chi connectivity index (χ4n) is 2.26. The van der Waals surface area contributed by atoms with Gasteiger partial charge in [0.25, 0.3) is 17.7 Å². The maximum absolute atomic E-state index is 12.4. The zero-order valence-corrected chi connectivity index (χ0v) is 15.5. The van der Waals surface area contributed by atoms with Crippen LogP contribution in [0.1, 0.15) is 30.6 Å². The van der Waals surface area contributed by atoms with Crippen LogP contribution < -0.4 is 10.6 Å². The lowest BCUT2D eigenvalue weighted by atomic mass is 10.2. The molecule has 2 aromatic heterocycles. The van der Waals surface area contributed by atoms with Crippen LogP contribution in [0.15, 0.2) is 59.2 Å². The summed E-state index contributed by atoms with van der Waals surface area (Å²) in [4.78, 5) is 38.1. The first-order valence-corrected chi connectivity index (χ1v) is 8.83. The van der Waals surface area contributed by atoms with Crippen molar-refractivity contribution in [3.8, 4) is 0 Å². The molecule has 0 saturated heterocycles. The highest BCUT2D eigenvalue weighted by Crippen LogP contribution is 2.24. The van der Waals surface area contributed by atoms with Crippen molar-refractivity contribution in [3.63, 3.8) is 0 Å². The predicted octanol–water partition coefficient (Wildman–Crippen LogP) is 3.55. The molecule has 0 radical (unpaired) electrons. The van der Waals surface area contributed by atoms with Crippen LogP contribution in [0.2, 0.25) is 0 Å². The first-order valence-electron chi connectivity index (χ1n) is 8.02. The van der Waals surface area contributed by atoms with Crippen molar-refractivity contribution in [2.75, 3.05) is 24.7 Å². The Morgan fingerprint density at radius 3 is 2.30 bits per heavy atom. The van der Waals surface area contributed by atoms with Gasteiger partial charge in [0.2, 0.25) is 0 Å². The monoisotopic (exact) mass is 383 g/mol. The van der Waals surface area contributed by atoms with Gasteiger partial charge in [-0.05, 0) is 48.5 Å². The van der Waals surface area contributed by atoms with Gasteiger partial charge in [-0.2, -0.15) is 0 Å². The molecule has 0 spiro atoms. The Labute approximate surface area is 159 Å². The fraction of sp³-hybridized carbons (Fsp3) is 0.105. The topological polar surface area (TPSA) is 91.7 Å². The normalized spacial score (nSPS) is 10.3. The maximum Gasteiger partial charge on any atom is 0.291 e. The summed E-state index contributed by atoms with van der Waals surface area (Å²) < 4.78 is 5.03. The number of nitrogens with one attached hydrogen (secondary N) is 2. The molecule has 3 amide bonds. The molecule has 1 aromatic carbocycles. The number of nitrogens with zero attached hydrogens (tertiary/aromatic N) is 1. The van der Waals surface area contributed by atoms with E-state index in [1.165, 1.54) is 11.2 Å².